The van der Waals surface area contributed by atoms with E-state index in [2.05, 4.69) is 24.3 Å². The van der Waals surface area contributed by atoms with E-state index in [1.807, 2.05) is 0 Å². The maximum Gasteiger partial charge on any atom is 0.234 e. The quantitative estimate of drug-likeness (QED) is 0.700. The fourth-order valence-electron chi connectivity index (χ4n) is 2.24. The number of carbonyl (C=O) groups excluding carboxylic acids is 1. The summed E-state index contributed by atoms with van der Waals surface area (Å²) in [6.45, 7) is 4.48. The van der Waals surface area contributed by atoms with Crippen LogP contribution in [0.15, 0.2) is 0 Å². The van der Waals surface area contributed by atoms with Crippen molar-refractivity contribution in [2.24, 2.45) is 0 Å². The molecule has 0 bridgehead atoms. The van der Waals surface area contributed by atoms with Gasteiger partial charge in [0.25, 0.3) is 0 Å². The molecule has 1 saturated heterocycles. The molecule has 94 valence electrons. The fourth-order valence-corrected chi connectivity index (χ4v) is 2.24. The monoisotopic (exact) mass is 228 g/mol. The molecule has 1 aliphatic heterocycles. The van der Waals surface area contributed by atoms with Crippen molar-refractivity contribution in [3.63, 3.8) is 0 Å². The first-order valence-electron chi connectivity index (χ1n) is 6.34. The van der Waals surface area contributed by atoms with Gasteiger partial charge in [0, 0.05) is 25.1 Å². The highest BCUT2D eigenvalue weighted by atomic mass is 16.3. The number of unbranched alkanes of at least 4 members (excludes halogenated alkanes) is 1. The molecule has 16 heavy (non-hydrogen) atoms. The van der Waals surface area contributed by atoms with Gasteiger partial charge in [0.2, 0.25) is 5.91 Å². The van der Waals surface area contributed by atoms with Crippen molar-refractivity contribution in [2.75, 3.05) is 6.61 Å². The Hall–Kier alpha value is -0.610. The number of hydrogen-bond donors (Lipinski definition) is 2. The average Bonchev–Trinajstić information content (AvgIpc) is 2.24. The molecule has 0 aromatic rings. The second-order valence-electron chi connectivity index (χ2n) is 4.75. The molecule has 0 saturated carbocycles. The Labute approximate surface area is 98.0 Å². The number of aliphatic hydroxyl groups excluding tert-OH is 1. The molecular weight excluding hydrogens is 204 g/mol. The number of rotatable bonds is 5. The zero-order valence-electron chi connectivity index (χ0n) is 10.4. The maximum absolute atomic E-state index is 11.6. The van der Waals surface area contributed by atoms with E-state index >= 15 is 0 Å². The molecule has 0 aromatic heterocycles. The smallest absolute Gasteiger partial charge is 0.234 e. The molecule has 2 unspecified atom stereocenters. The zero-order chi connectivity index (χ0) is 12.0. The van der Waals surface area contributed by atoms with Crippen LogP contribution in [0.3, 0.4) is 0 Å². The van der Waals surface area contributed by atoms with Crippen molar-refractivity contribution < 1.29 is 9.90 Å². The number of amides is 1. The number of piperidine rings is 1. The fraction of sp³-hybridized carbons (Fsp3) is 0.917. The van der Waals surface area contributed by atoms with Gasteiger partial charge in [0.15, 0.2) is 0 Å². The first-order valence-corrected chi connectivity index (χ1v) is 6.34. The Morgan fingerprint density at radius 1 is 1.31 bits per heavy atom. The molecule has 1 heterocycles. The maximum atomic E-state index is 11.6. The molecule has 0 radical (unpaired) electrons. The Morgan fingerprint density at radius 2 is 1.94 bits per heavy atom. The van der Waals surface area contributed by atoms with Gasteiger partial charge in [-0.3, -0.25) is 10.2 Å². The number of hydrogen-bond acceptors (Lipinski definition) is 3. The normalized spacial score (nSPS) is 26.7. The third-order valence-corrected chi connectivity index (χ3v) is 3.26. The Balaban J connectivity index is 2.30. The van der Waals surface area contributed by atoms with Crippen LogP contribution in [-0.4, -0.2) is 34.7 Å². The molecule has 0 spiro atoms. The number of aliphatic hydroxyl groups is 1. The van der Waals surface area contributed by atoms with E-state index in [9.17, 15) is 4.79 Å². The van der Waals surface area contributed by atoms with Gasteiger partial charge >= 0.3 is 0 Å². The minimum absolute atomic E-state index is 0.0778. The summed E-state index contributed by atoms with van der Waals surface area (Å²) in [5.74, 6) is 0.0778. The van der Waals surface area contributed by atoms with E-state index in [0.717, 1.165) is 19.3 Å². The van der Waals surface area contributed by atoms with E-state index < -0.39 is 0 Å². The molecular formula is C12H24N2O2. The molecule has 1 fully saturated rings. The summed E-state index contributed by atoms with van der Waals surface area (Å²) in [5.41, 5.74) is 2.99. The van der Waals surface area contributed by atoms with Crippen LogP contribution in [0.2, 0.25) is 0 Å². The zero-order valence-corrected chi connectivity index (χ0v) is 10.4. The lowest BCUT2D eigenvalue weighted by Crippen LogP contribution is -2.54. The van der Waals surface area contributed by atoms with E-state index in [1.54, 1.807) is 0 Å². The second-order valence-corrected chi connectivity index (χ2v) is 4.75. The van der Waals surface area contributed by atoms with Crippen molar-refractivity contribution >= 4 is 5.91 Å². The van der Waals surface area contributed by atoms with Crippen LogP contribution in [0.25, 0.3) is 0 Å². The van der Waals surface area contributed by atoms with Crippen molar-refractivity contribution in [3.05, 3.63) is 0 Å². The third-order valence-electron chi connectivity index (χ3n) is 3.26. The highest BCUT2D eigenvalue weighted by Gasteiger charge is 2.25. The molecule has 2 N–H and O–H groups in total. The van der Waals surface area contributed by atoms with Crippen molar-refractivity contribution in [2.45, 2.75) is 64.5 Å². The topological polar surface area (TPSA) is 52.6 Å². The molecule has 1 rings (SSSR count). The van der Waals surface area contributed by atoms with E-state index in [1.165, 1.54) is 6.42 Å². The average molecular weight is 228 g/mol. The molecule has 4 heteroatoms. The highest BCUT2D eigenvalue weighted by Crippen LogP contribution is 2.20. The Bertz CT molecular complexity index is 211. The summed E-state index contributed by atoms with van der Waals surface area (Å²) in [4.78, 5) is 11.6. The highest BCUT2D eigenvalue weighted by molar-refractivity contribution is 5.75. The Kier molecular flexibility index (Phi) is 5.77. The largest absolute Gasteiger partial charge is 0.396 e. The van der Waals surface area contributed by atoms with Gasteiger partial charge in [0.1, 0.15) is 0 Å². The van der Waals surface area contributed by atoms with Crippen LogP contribution in [0.1, 0.15) is 52.4 Å². The molecule has 4 nitrogen and oxygen atoms in total. The molecule has 1 amide bonds. The van der Waals surface area contributed by atoms with Crippen LogP contribution >= 0.6 is 0 Å². The Morgan fingerprint density at radius 3 is 2.50 bits per heavy atom. The van der Waals surface area contributed by atoms with E-state index in [4.69, 9.17) is 5.11 Å². The van der Waals surface area contributed by atoms with Gasteiger partial charge in [-0.05, 0) is 39.5 Å². The van der Waals surface area contributed by atoms with Gasteiger partial charge in [-0.15, -0.1) is 0 Å². The number of hydrazine groups is 1. The molecule has 0 aliphatic carbocycles. The first-order chi connectivity index (χ1) is 7.65. The molecule has 0 aromatic carbocycles. The van der Waals surface area contributed by atoms with Crippen LogP contribution in [0.4, 0.5) is 0 Å². The lowest BCUT2D eigenvalue weighted by molar-refractivity contribution is -0.129. The van der Waals surface area contributed by atoms with Crippen molar-refractivity contribution in [1.82, 2.24) is 10.4 Å². The predicted molar refractivity (Wildman–Crippen MR) is 63.7 cm³/mol. The minimum Gasteiger partial charge on any atom is -0.396 e. The van der Waals surface area contributed by atoms with Crippen LogP contribution in [-0.2, 0) is 4.79 Å². The summed E-state index contributed by atoms with van der Waals surface area (Å²) in [6, 6.07) is 0.871. The first kappa shape index (κ1) is 13.5. The number of nitrogens with zero attached hydrogens (tertiary/aromatic N) is 1. The summed E-state index contributed by atoms with van der Waals surface area (Å²) >= 11 is 0. The summed E-state index contributed by atoms with van der Waals surface area (Å²) < 4.78 is 0. The van der Waals surface area contributed by atoms with Crippen molar-refractivity contribution in [1.29, 1.82) is 0 Å². The van der Waals surface area contributed by atoms with Gasteiger partial charge in [0.05, 0.1) is 0 Å². The van der Waals surface area contributed by atoms with E-state index in [-0.39, 0.29) is 12.5 Å². The number of carbonyl (C=O) groups is 1. The molecule has 1 aliphatic rings. The summed E-state index contributed by atoms with van der Waals surface area (Å²) in [5, 5.41) is 10.7. The SMILES string of the molecule is CC1CCCC(C)N1NC(=O)CCCCO. The lowest BCUT2D eigenvalue weighted by Gasteiger charge is -2.38. The van der Waals surface area contributed by atoms with Crippen LogP contribution < -0.4 is 5.43 Å². The van der Waals surface area contributed by atoms with Gasteiger partial charge in [-0.25, -0.2) is 5.01 Å². The van der Waals surface area contributed by atoms with Gasteiger partial charge in [-0.2, -0.15) is 0 Å². The summed E-state index contributed by atoms with van der Waals surface area (Å²) in [7, 11) is 0. The molecule has 2 atom stereocenters. The van der Waals surface area contributed by atoms with Crippen molar-refractivity contribution in [3.8, 4) is 0 Å². The minimum atomic E-state index is 0.0778. The van der Waals surface area contributed by atoms with Crippen LogP contribution in [0, 0.1) is 0 Å². The second kappa shape index (κ2) is 6.86. The van der Waals surface area contributed by atoms with Crippen LogP contribution in [0.5, 0.6) is 0 Å². The standard InChI is InChI=1S/C12H24N2O2/c1-10-6-5-7-11(2)14(10)13-12(16)8-3-4-9-15/h10-11,15H,3-9H2,1-2H3,(H,13,16). The van der Waals surface area contributed by atoms with E-state index in [0.29, 0.717) is 24.9 Å². The predicted octanol–water partition coefficient (Wildman–Crippen LogP) is 1.44. The lowest BCUT2D eigenvalue weighted by atomic mass is 10.00. The third kappa shape index (κ3) is 4.10. The number of nitrogens with one attached hydrogen (secondary N) is 1. The van der Waals surface area contributed by atoms with Gasteiger partial charge < -0.3 is 5.11 Å². The summed E-state index contributed by atoms with van der Waals surface area (Å²) in [6.07, 6.45) is 5.54. The van der Waals surface area contributed by atoms with Gasteiger partial charge in [-0.1, -0.05) is 6.42 Å².